The Bertz CT molecular complexity index is 840. The topological polar surface area (TPSA) is 79.9 Å². The van der Waals surface area contributed by atoms with Crippen LogP contribution in [0.3, 0.4) is 0 Å². The first kappa shape index (κ1) is 21.4. The van der Waals surface area contributed by atoms with Crippen molar-refractivity contribution in [3.8, 4) is 11.5 Å². The highest BCUT2D eigenvalue weighted by Gasteiger charge is 2.15. The molecular formula is C20H24ClN3O4. The lowest BCUT2D eigenvalue weighted by atomic mass is 10.2. The molecule has 0 aromatic heterocycles. The first-order valence-corrected chi connectivity index (χ1v) is 8.97. The highest BCUT2D eigenvalue weighted by atomic mass is 35.5. The number of nitrogens with one attached hydrogen (secondary N) is 2. The fraction of sp³-hybridized carbons (Fsp3) is 0.300. The van der Waals surface area contributed by atoms with Crippen LogP contribution < -0.4 is 20.1 Å². The number of benzene rings is 2. The van der Waals surface area contributed by atoms with Crippen LogP contribution in [0.4, 0.5) is 11.4 Å². The van der Waals surface area contributed by atoms with Crippen LogP contribution in [0, 0.1) is 6.92 Å². The average molecular weight is 406 g/mol. The summed E-state index contributed by atoms with van der Waals surface area (Å²) in [7, 11) is 4.59. The number of hydrogen-bond donors (Lipinski definition) is 2. The lowest BCUT2D eigenvalue weighted by molar-refractivity contribution is -0.131. The Balaban J connectivity index is 1.90. The smallest absolute Gasteiger partial charge is 0.243 e. The molecule has 0 aliphatic heterocycles. The molecule has 0 saturated carbocycles. The van der Waals surface area contributed by atoms with Gasteiger partial charge in [-0.15, -0.1) is 0 Å². The molecule has 8 heteroatoms. The van der Waals surface area contributed by atoms with Gasteiger partial charge >= 0.3 is 0 Å². The highest BCUT2D eigenvalue weighted by molar-refractivity contribution is 6.33. The van der Waals surface area contributed by atoms with E-state index in [2.05, 4.69) is 10.6 Å². The number of anilines is 2. The van der Waals surface area contributed by atoms with E-state index in [1.807, 2.05) is 31.2 Å². The van der Waals surface area contributed by atoms with Crippen LogP contribution in [0.5, 0.6) is 11.5 Å². The maximum Gasteiger partial charge on any atom is 0.243 e. The summed E-state index contributed by atoms with van der Waals surface area (Å²) in [5.74, 6) is 0.454. The van der Waals surface area contributed by atoms with Gasteiger partial charge in [0, 0.05) is 24.9 Å². The number of methoxy groups -OCH3 is 2. The summed E-state index contributed by atoms with van der Waals surface area (Å²) in [6.45, 7) is 1.88. The minimum Gasteiger partial charge on any atom is -0.493 e. The van der Waals surface area contributed by atoms with E-state index in [0.29, 0.717) is 27.9 Å². The van der Waals surface area contributed by atoms with Crippen molar-refractivity contribution in [2.24, 2.45) is 0 Å². The third-order valence-electron chi connectivity index (χ3n) is 4.05. The van der Waals surface area contributed by atoms with Crippen LogP contribution in [0.25, 0.3) is 0 Å². The van der Waals surface area contributed by atoms with Gasteiger partial charge in [-0.25, -0.2) is 0 Å². The molecule has 0 atom stereocenters. The van der Waals surface area contributed by atoms with E-state index < -0.39 is 0 Å². The number of nitrogens with zero attached hydrogens (tertiary/aromatic N) is 1. The molecule has 0 bridgehead atoms. The van der Waals surface area contributed by atoms with Crippen LogP contribution in [-0.2, 0) is 9.59 Å². The highest BCUT2D eigenvalue weighted by Crippen LogP contribution is 2.35. The summed E-state index contributed by atoms with van der Waals surface area (Å²) < 4.78 is 10.4. The minimum absolute atomic E-state index is 0.0243. The lowest BCUT2D eigenvalue weighted by Gasteiger charge is -2.18. The van der Waals surface area contributed by atoms with Gasteiger partial charge in [0.25, 0.3) is 0 Å². The predicted octanol–water partition coefficient (Wildman–Crippen LogP) is 3.17. The van der Waals surface area contributed by atoms with E-state index in [0.717, 1.165) is 5.56 Å². The number of carbonyl (C=O) groups excluding carboxylic acids is 2. The molecular weight excluding hydrogens is 382 g/mol. The molecule has 2 aromatic rings. The minimum atomic E-state index is -0.274. The summed E-state index contributed by atoms with van der Waals surface area (Å²) in [5, 5.41) is 6.11. The van der Waals surface area contributed by atoms with Gasteiger partial charge in [0.15, 0.2) is 11.5 Å². The quantitative estimate of drug-likeness (QED) is 0.705. The van der Waals surface area contributed by atoms with Crippen molar-refractivity contribution in [3.05, 3.63) is 47.0 Å². The van der Waals surface area contributed by atoms with Gasteiger partial charge in [0.05, 0.1) is 38.0 Å². The van der Waals surface area contributed by atoms with Gasteiger partial charge in [-0.05, 0) is 19.1 Å². The Labute approximate surface area is 169 Å². The van der Waals surface area contributed by atoms with E-state index in [1.165, 1.54) is 19.1 Å². The Morgan fingerprint density at radius 2 is 1.68 bits per heavy atom. The molecule has 0 heterocycles. The largest absolute Gasteiger partial charge is 0.493 e. The monoisotopic (exact) mass is 405 g/mol. The van der Waals surface area contributed by atoms with Crippen LogP contribution in [0.15, 0.2) is 36.4 Å². The van der Waals surface area contributed by atoms with Crippen molar-refractivity contribution in [1.82, 2.24) is 4.90 Å². The molecule has 2 rings (SSSR count). The van der Waals surface area contributed by atoms with Crippen LogP contribution in [0.2, 0.25) is 5.02 Å². The average Bonchev–Trinajstić information content (AvgIpc) is 2.68. The molecule has 0 aliphatic carbocycles. The Kier molecular flexibility index (Phi) is 7.52. The van der Waals surface area contributed by atoms with E-state index in [-0.39, 0.29) is 24.9 Å². The Morgan fingerprint density at radius 1 is 1.07 bits per heavy atom. The summed E-state index contributed by atoms with van der Waals surface area (Å²) >= 11 is 6.20. The van der Waals surface area contributed by atoms with E-state index in [1.54, 1.807) is 19.2 Å². The third kappa shape index (κ3) is 5.79. The van der Waals surface area contributed by atoms with Gasteiger partial charge in [-0.2, -0.15) is 0 Å². The van der Waals surface area contributed by atoms with Crippen molar-refractivity contribution in [3.63, 3.8) is 0 Å². The third-order valence-corrected chi connectivity index (χ3v) is 4.36. The zero-order valence-electron chi connectivity index (χ0n) is 16.3. The molecule has 2 amide bonds. The van der Waals surface area contributed by atoms with Crippen molar-refractivity contribution < 1.29 is 19.1 Å². The molecule has 150 valence electrons. The summed E-state index contributed by atoms with van der Waals surface area (Å²) in [4.78, 5) is 25.8. The van der Waals surface area contributed by atoms with E-state index >= 15 is 0 Å². The first-order chi connectivity index (χ1) is 13.3. The fourth-order valence-corrected chi connectivity index (χ4v) is 2.66. The maximum atomic E-state index is 12.3. The van der Waals surface area contributed by atoms with Gasteiger partial charge in [-0.1, -0.05) is 29.3 Å². The molecule has 0 unspecified atom stereocenters. The molecule has 28 heavy (non-hydrogen) atoms. The molecule has 2 aromatic carbocycles. The predicted molar refractivity (Wildman–Crippen MR) is 110 cm³/mol. The zero-order valence-corrected chi connectivity index (χ0v) is 17.1. The number of aryl methyl sites for hydroxylation is 1. The molecule has 0 radical (unpaired) electrons. The fourth-order valence-electron chi connectivity index (χ4n) is 2.44. The Hall–Kier alpha value is -2.93. The number of rotatable bonds is 8. The number of likely N-dealkylation sites (N-methyl/N-ethyl adjacent to an activating group) is 1. The second-order valence-electron chi connectivity index (χ2n) is 6.20. The number of amides is 2. The summed E-state index contributed by atoms with van der Waals surface area (Å²) in [5.41, 5.74) is 2.32. The van der Waals surface area contributed by atoms with Crippen molar-refractivity contribution in [1.29, 1.82) is 0 Å². The first-order valence-electron chi connectivity index (χ1n) is 8.60. The molecule has 0 spiro atoms. The van der Waals surface area contributed by atoms with Crippen molar-refractivity contribution in [2.45, 2.75) is 6.92 Å². The normalized spacial score (nSPS) is 10.2. The number of carbonyl (C=O) groups is 2. The lowest BCUT2D eigenvalue weighted by Crippen LogP contribution is -2.38. The molecule has 0 aliphatic rings. The summed E-state index contributed by atoms with van der Waals surface area (Å²) in [6.07, 6.45) is 0. The van der Waals surface area contributed by atoms with Crippen LogP contribution >= 0.6 is 11.6 Å². The zero-order chi connectivity index (χ0) is 20.7. The second kappa shape index (κ2) is 9.85. The van der Waals surface area contributed by atoms with Crippen molar-refractivity contribution in [2.75, 3.05) is 45.0 Å². The van der Waals surface area contributed by atoms with Gasteiger partial charge in [0.2, 0.25) is 11.8 Å². The standard InChI is InChI=1S/C20H24ClN3O4/c1-13-5-7-14(8-6-13)23-19(25)12-24(2)20(26)11-22-16-10-18(28-4)17(27-3)9-15(16)21/h5-10,22H,11-12H2,1-4H3,(H,23,25). The second-order valence-corrected chi connectivity index (χ2v) is 6.61. The number of ether oxygens (including phenoxy) is 2. The number of halogens is 1. The van der Waals surface area contributed by atoms with Crippen molar-refractivity contribution >= 4 is 34.8 Å². The van der Waals surface area contributed by atoms with Gasteiger partial charge < -0.3 is 25.0 Å². The molecule has 0 saturated heterocycles. The molecule has 0 fully saturated rings. The van der Waals surface area contributed by atoms with E-state index in [4.69, 9.17) is 21.1 Å². The Morgan fingerprint density at radius 3 is 2.29 bits per heavy atom. The van der Waals surface area contributed by atoms with Crippen LogP contribution in [-0.4, -0.2) is 51.1 Å². The maximum absolute atomic E-state index is 12.3. The SMILES string of the molecule is COc1cc(Cl)c(NCC(=O)N(C)CC(=O)Nc2ccc(C)cc2)cc1OC. The summed E-state index contributed by atoms with van der Waals surface area (Å²) in [6, 6.07) is 10.7. The van der Waals surface area contributed by atoms with E-state index in [9.17, 15) is 9.59 Å². The number of hydrogen-bond acceptors (Lipinski definition) is 5. The van der Waals surface area contributed by atoms with Crippen LogP contribution in [0.1, 0.15) is 5.56 Å². The molecule has 2 N–H and O–H groups in total. The molecule has 7 nitrogen and oxygen atoms in total. The van der Waals surface area contributed by atoms with Gasteiger partial charge in [0.1, 0.15) is 0 Å². The van der Waals surface area contributed by atoms with Gasteiger partial charge in [-0.3, -0.25) is 9.59 Å².